The molecule has 5 aromatic rings. The van der Waals surface area contributed by atoms with Gasteiger partial charge in [0.2, 0.25) is 0 Å². The van der Waals surface area contributed by atoms with Gasteiger partial charge in [-0.3, -0.25) is 0 Å². The molecule has 5 aromatic carbocycles. The lowest BCUT2D eigenvalue weighted by Gasteiger charge is -2.15. The Labute approximate surface area is 137 Å². The van der Waals surface area contributed by atoms with Crippen LogP contribution >= 0.6 is 9.24 Å². The van der Waals surface area contributed by atoms with E-state index in [-0.39, 0.29) is 0 Å². The summed E-state index contributed by atoms with van der Waals surface area (Å²) in [6.45, 7) is 0. The largest absolute Gasteiger partial charge is 0.105 e. The van der Waals surface area contributed by atoms with Crippen LogP contribution < -0.4 is 5.30 Å². The first-order valence-corrected chi connectivity index (χ1v) is 8.42. The molecule has 1 atom stereocenters. The number of rotatable bonds is 1. The van der Waals surface area contributed by atoms with Gasteiger partial charge >= 0.3 is 0 Å². The number of hydrogen-bond donors (Lipinski definition) is 0. The van der Waals surface area contributed by atoms with Crippen molar-refractivity contribution in [2.45, 2.75) is 0 Å². The van der Waals surface area contributed by atoms with Crippen molar-refractivity contribution in [1.82, 2.24) is 0 Å². The van der Waals surface area contributed by atoms with Gasteiger partial charge in [0.05, 0.1) is 0 Å². The van der Waals surface area contributed by atoms with Gasteiger partial charge in [-0.05, 0) is 48.7 Å². The van der Waals surface area contributed by atoms with Gasteiger partial charge in [-0.2, -0.15) is 0 Å². The summed E-state index contributed by atoms with van der Waals surface area (Å²) in [5, 5.41) is 9.28. The molecule has 1 unspecified atom stereocenters. The predicted molar refractivity (Wildman–Crippen MR) is 105 cm³/mol. The first-order valence-electron chi connectivity index (χ1n) is 7.84. The van der Waals surface area contributed by atoms with Gasteiger partial charge in [-0.1, -0.05) is 78.9 Å². The maximum atomic E-state index is 2.86. The molecule has 0 aromatic heterocycles. The van der Waals surface area contributed by atoms with E-state index in [1.165, 1.54) is 48.7 Å². The highest BCUT2D eigenvalue weighted by molar-refractivity contribution is 7.28. The fourth-order valence-corrected chi connectivity index (χ4v) is 4.08. The molecule has 0 bridgehead atoms. The molecule has 108 valence electrons. The van der Waals surface area contributed by atoms with Crippen molar-refractivity contribution in [2.24, 2.45) is 0 Å². The Kier molecular flexibility index (Phi) is 2.71. The summed E-state index contributed by atoms with van der Waals surface area (Å²) in [7, 11) is 2.86. The van der Waals surface area contributed by atoms with E-state index in [1.807, 2.05) is 0 Å². The number of hydrogen-bond acceptors (Lipinski definition) is 0. The lowest BCUT2D eigenvalue weighted by molar-refractivity contribution is 1.71. The highest BCUT2D eigenvalue weighted by atomic mass is 31.0. The van der Waals surface area contributed by atoms with Crippen molar-refractivity contribution in [3.05, 3.63) is 78.9 Å². The van der Waals surface area contributed by atoms with E-state index < -0.39 is 0 Å². The Bertz CT molecular complexity index is 1150. The third-order valence-corrected chi connectivity index (χ3v) is 5.28. The molecule has 0 spiro atoms. The highest BCUT2D eigenvalue weighted by Gasteiger charge is 2.12. The second-order valence-corrected chi connectivity index (χ2v) is 6.68. The third kappa shape index (κ3) is 1.82. The standard InChI is InChI=1S/C22H15P/c23-20-7-2-1-6-18(20)17-12-10-16-9-8-14-4-3-5-15-11-13-19(17)22(16)21(14)15/h1-13H,23H2. The molecular formula is C22H15P. The summed E-state index contributed by atoms with van der Waals surface area (Å²) < 4.78 is 0. The third-order valence-electron chi connectivity index (χ3n) is 4.78. The van der Waals surface area contributed by atoms with E-state index >= 15 is 0 Å². The molecule has 0 radical (unpaired) electrons. The summed E-state index contributed by atoms with van der Waals surface area (Å²) in [6.07, 6.45) is 0. The molecule has 0 fully saturated rings. The van der Waals surface area contributed by atoms with Crippen LogP contribution in [0.1, 0.15) is 0 Å². The van der Waals surface area contributed by atoms with E-state index in [9.17, 15) is 0 Å². The van der Waals surface area contributed by atoms with Crippen LogP contribution in [0.2, 0.25) is 0 Å². The van der Waals surface area contributed by atoms with Gasteiger partial charge in [-0.25, -0.2) is 0 Å². The molecule has 1 heteroatoms. The van der Waals surface area contributed by atoms with Crippen molar-refractivity contribution < 1.29 is 0 Å². The van der Waals surface area contributed by atoms with E-state index in [2.05, 4.69) is 88.1 Å². The number of benzene rings is 5. The summed E-state index contributed by atoms with van der Waals surface area (Å²) in [6, 6.07) is 28.6. The zero-order valence-electron chi connectivity index (χ0n) is 12.6. The topological polar surface area (TPSA) is 0 Å². The fraction of sp³-hybridized carbons (Fsp3) is 0. The van der Waals surface area contributed by atoms with Gasteiger partial charge in [0.15, 0.2) is 0 Å². The Morgan fingerprint density at radius 3 is 1.91 bits per heavy atom. The van der Waals surface area contributed by atoms with Crippen LogP contribution in [0.4, 0.5) is 0 Å². The van der Waals surface area contributed by atoms with Crippen LogP contribution in [0.15, 0.2) is 78.9 Å². The molecule has 0 N–H and O–H groups in total. The molecule has 23 heavy (non-hydrogen) atoms. The van der Waals surface area contributed by atoms with Crippen LogP contribution in [-0.4, -0.2) is 0 Å². The molecule has 0 aliphatic heterocycles. The summed E-state index contributed by atoms with van der Waals surface area (Å²) in [4.78, 5) is 0. The fourth-order valence-electron chi connectivity index (χ4n) is 3.71. The first-order chi connectivity index (χ1) is 11.3. The average molecular weight is 310 g/mol. The van der Waals surface area contributed by atoms with Crippen molar-refractivity contribution in [1.29, 1.82) is 0 Å². The van der Waals surface area contributed by atoms with E-state index in [1.54, 1.807) is 0 Å². The molecule has 0 nitrogen and oxygen atoms in total. The molecule has 5 rings (SSSR count). The molecular weight excluding hydrogens is 295 g/mol. The quantitative estimate of drug-likeness (QED) is 0.273. The van der Waals surface area contributed by atoms with Gasteiger partial charge in [0, 0.05) is 0 Å². The van der Waals surface area contributed by atoms with Crippen molar-refractivity contribution >= 4 is 46.9 Å². The normalized spacial score (nSPS) is 11.7. The monoisotopic (exact) mass is 310 g/mol. The summed E-state index contributed by atoms with van der Waals surface area (Å²) >= 11 is 0. The van der Waals surface area contributed by atoms with Crippen LogP contribution in [0.25, 0.3) is 43.4 Å². The van der Waals surface area contributed by atoms with Crippen LogP contribution in [0, 0.1) is 0 Å². The summed E-state index contributed by atoms with van der Waals surface area (Å²) in [5.74, 6) is 0. The molecule has 0 heterocycles. The zero-order valence-corrected chi connectivity index (χ0v) is 13.7. The Balaban J connectivity index is 2.01. The van der Waals surface area contributed by atoms with Crippen LogP contribution in [0.5, 0.6) is 0 Å². The Morgan fingerprint density at radius 1 is 0.478 bits per heavy atom. The smallest absolute Gasteiger partial charge is 0.00206 e. The van der Waals surface area contributed by atoms with E-state index in [4.69, 9.17) is 0 Å². The molecule has 0 aliphatic carbocycles. The molecule has 0 amide bonds. The van der Waals surface area contributed by atoms with Gasteiger partial charge in [0.1, 0.15) is 0 Å². The Hall–Kier alpha value is -2.43. The van der Waals surface area contributed by atoms with Crippen molar-refractivity contribution in [3.63, 3.8) is 0 Å². The first kappa shape index (κ1) is 13.0. The van der Waals surface area contributed by atoms with Gasteiger partial charge in [0.25, 0.3) is 0 Å². The lowest BCUT2D eigenvalue weighted by atomic mass is 9.90. The van der Waals surface area contributed by atoms with E-state index in [0.717, 1.165) is 0 Å². The van der Waals surface area contributed by atoms with Crippen molar-refractivity contribution in [2.75, 3.05) is 0 Å². The second-order valence-electron chi connectivity index (χ2n) is 6.06. The predicted octanol–water partition coefficient (Wildman–Crippen LogP) is 5.75. The zero-order chi connectivity index (χ0) is 15.4. The highest BCUT2D eigenvalue weighted by Crippen LogP contribution is 2.38. The SMILES string of the molecule is Pc1ccccc1-c1ccc2ccc3cccc4ccc1c2c34. The van der Waals surface area contributed by atoms with E-state index in [0.29, 0.717) is 0 Å². The lowest BCUT2D eigenvalue weighted by Crippen LogP contribution is -1.96. The maximum Gasteiger partial charge on any atom is -0.00206 e. The minimum atomic E-state index is 1.24. The van der Waals surface area contributed by atoms with Crippen LogP contribution in [-0.2, 0) is 0 Å². The molecule has 0 saturated carbocycles. The molecule has 0 saturated heterocycles. The summed E-state index contributed by atoms with van der Waals surface area (Å²) in [5.41, 5.74) is 2.59. The molecule has 0 aliphatic rings. The second kappa shape index (κ2) is 4.78. The maximum absolute atomic E-state index is 2.86. The Morgan fingerprint density at radius 2 is 1.13 bits per heavy atom. The van der Waals surface area contributed by atoms with Gasteiger partial charge < -0.3 is 0 Å². The average Bonchev–Trinajstić information content (AvgIpc) is 2.60. The minimum Gasteiger partial charge on any atom is -0.105 e. The van der Waals surface area contributed by atoms with Crippen molar-refractivity contribution in [3.8, 4) is 11.1 Å². The van der Waals surface area contributed by atoms with Gasteiger partial charge in [-0.15, -0.1) is 9.24 Å². The van der Waals surface area contributed by atoms with Crippen LogP contribution in [0.3, 0.4) is 0 Å². The minimum absolute atomic E-state index is 1.24.